The molecule has 1 aliphatic heterocycles. The number of nitrogens with two attached hydrogens (primary N) is 1. The van der Waals surface area contributed by atoms with Gasteiger partial charge < -0.3 is 10.6 Å². The van der Waals surface area contributed by atoms with E-state index in [2.05, 4.69) is 4.98 Å². The average molecular weight is 301 g/mol. The molecular formula is C15H22F3N3. The second-order valence-corrected chi connectivity index (χ2v) is 5.69. The van der Waals surface area contributed by atoms with Crippen molar-refractivity contribution in [3.05, 3.63) is 23.9 Å². The monoisotopic (exact) mass is 301 g/mol. The minimum Gasteiger partial charge on any atom is -0.356 e. The fourth-order valence-electron chi connectivity index (χ4n) is 2.74. The first-order chi connectivity index (χ1) is 9.91. The molecular weight excluding hydrogens is 279 g/mol. The van der Waals surface area contributed by atoms with E-state index in [-0.39, 0.29) is 19.0 Å². The van der Waals surface area contributed by atoms with Gasteiger partial charge in [0, 0.05) is 25.3 Å². The zero-order chi connectivity index (χ0) is 15.5. The van der Waals surface area contributed by atoms with Gasteiger partial charge in [-0.2, -0.15) is 13.2 Å². The smallest absolute Gasteiger partial charge is 0.356 e. The molecule has 2 unspecified atom stereocenters. The molecule has 0 radical (unpaired) electrons. The van der Waals surface area contributed by atoms with E-state index in [1.165, 1.54) is 0 Å². The number of hydrogen-bond acceptors (Lipinski definition) is 3. The second-order valence-electron chi connectivity index (χ2n) is 5.69. The van der Waals surface area contributed by atoms with Gasteiger partial charge in [-0.05, 0) is 37.3 Å². The van der Waals surface area contributed by atoms with E-state index in [4.69, 9.17) is 5.73 Å². The number of pyridine rings is 1. The van der Waals surface area contributed by atoms with E-state index in [0.29, 0.717) is 25.2 Å². The van der Waals surface area contributed by atoms with Gasteiger partial charge in [0.05, 0.1) is 5.92 Å². The maximum atomic E-state index is 12.9. The van der Waals surface area contributed by atoms with Crippen molar-refractivity contribution in [1.82, 2.24) is 4.98 Å². The van der Waals surface area contributed by atoms with Crippen molar-refractivity contribution in [3.8, 4) is 0 Å². The van der Waals surface area contributed by atoms with E-state index in [1.54, 1.807) is 11.1 Å². The van der Waals surface area contributed by atoms with Crippen molar-refractivity contribution in [2.45, 2.75) is 44.8 Å². The molecule has 21 heavy (non-hydrogen) atoms. The molecule has 1 saturated heterocycles. The standard InChI is InChI=1S/C15H22F3N3/c1-2-13(19)9-11-5-3-7-20-14(11)21-8-4-6-12(10-21)15(16,17)18/h3,5,7,12-13H,2,4,6,8-10,19H2,1H3. The van der Waals surface area contributed by atoms with Crippen LogP contribution in [-0.2, 0) is 6.42 Å². The summed E-state index contributed by atoms with van der Waals surface area (Å²) in [5, 5.41) is 0. The zero-order valence-electron chi connectivity index (χ0n) is 12.2. The minimum absolute atomic E-state index is 0.00508. The maximum absolute atomic E-state index is 12.9. The van der Waals surface area contributed by atoms with Crippen LogP contribution in [0.5, 0.6) is 0 Å². The van der Waals surface area contributed by atoms with Gasteiger partial charge in [0.2, 0.25) is 0 Å². The molecule has 6 heteroatoms. The lowest BCUT2D eigenvalue weighted by Gasteiger charge is -2.35. The molecule has 0 spiro atoms. The van der Waals surface area contributed by atoms with Crippen molar-refractivity contribution in [2.24, 2.45) is 11.7 Å². The Kier molecular flexibility index (Phi) is 5.08. The van der Waals surface area contributed by atoms with Gasteiger partial charge >= 0.3 is 6.18 Å². The summed E-state index contributed by atoms with van der Waals surface area (Å²) in [5.41, 5.74) is 6.91. The molecule has 2 N–H and O–H groups in total. The molecule has 2 rings (SSSR count). The van der Waals surface area contributed by atoms with Crippen LogP contribution in [0.4, 0.5) is 19.0 Å². The fraction of sp³-hybridized carbons (Fsp3) is 0.667. The number of alkyl halides is 3. The van der Waals surface area contributed by atoms with Crippen LogP contribution < -0.4 is 10.6 Å². The third-order valence-corrected chi connectivity index (χ3v) is 4.06. The van der Waals surface area contributed by atoms with Crippen LogP contribution in [0.1, 0.15) is 31.7 Å². The lowest BCUT2D eigenvalue weighted by molar-refractivity contribution is -0.176. The Hall–Kier alpha value is -1.30. The van der Waals surface area contributed by atoms with Crippen molar-refractivity contribution < 1.29 is 13.2 Å². The first kappa shape index (κ1) is 16.1. The third kappa shape index (κ3) is 4.09. The van der Waals surface area contributed by atoms with Gasteiger partial charge in [0.25, 0.3) is 0 Å². The van der Waals surface area contributed by atoms with Crippen LogP contribution in [0.25, 0.3) is 0 Å². The molecule has 2 atom stereocenters. The summed E-state index contributed by atoms with van der Waals surface area (Å²) in [6.07, 6.45) is -0.274. The number of rotatable bonds is 4. The maximum Gasteiger partial charge on any atom is 0.393 e. The highest BCUT2D eigenvalue weighted by molar-refractivity contribution is 5.47. The number of piperidine rings is 1. The molecule has 1 aliphatic rings. The van der Waals surface area contributed by atoms with Crippen LogP contribution in [0.3, 0.4) is 0 Å². The van der Waals surface area contributed by atoms with Crippen molar-refractivity contribution in [2.75, 3.05) is 18.0 Å². The van der Waals surface area contributed by atoms with Crippen molar-refractivity contribution in [3.63, 3.8) is 0 Å². The number of nitrogens with zero attached hydrogens (tertiary/aromatic N) is 2. The zero-order valence-corrected chi connectivity index (χ0v) is 12.2. The Bertz CT molecular complexity index is 462. The summed E-state index contributed by atoms with van der Waals surface area (Å²) in [6.45, 7) is 2.62. The largest absolute Gasteiger partial charge is 0.393 e. The minimum atomic E-state index is -4.13. The molecule has 0 aliphatic carbocycles. The summed E-state index contributed by atoms with van der Waals surface area (Å²) < 4.78 is 38.8. The van der Waals surface area contributed by atoms with Gasteiger partial charge in [-0.3, -0.25) is 0 Å². The summed E-state index contributed by atoms with van der Waals surface area (Å²) in [4.78, 5) is 6.07. The Morgan fingerprint density at radius 3 is 2.90 bits per heavy atom. The van der Waals surface area contributed by atoms with Crippen LogP contribution in [0.2, 0.25) is 0 Å². The van der Waals surface area contributed by atoms with Gasteiger partial charge in [0.1, 0.15) is 5.82 Å². The van der Waals surface area contributed by atoms with Gasteiger partial charge in [-0.15, -0.1) is 0 Å². The van der Waals surface area contributed by atoms with Crippen LogP contribution in [-0.4, -0.2) is 30.3 Å². The van der Waals surface area contributed by atoms with E-state index >= 15 is 0 Å². The second kappa shape index (κ2) is 6.64. The number of anilines is 1. The molecule has 0 bridgehead atoms. The lowest BCUT2D eigenvalue weighted by Crippen LogP contribution is -2.42. The predicted molar refractivity (Wildman–Crippen MR) is 77.2 cm³/mol. The normalized spacial score (nSPS) is 21.4. The molecule has 1 aromatic rings. The highest BCUT2D eigenvalue weighted by atomic mass is 19.4. The Labute approximate surface area is 123 Å². The Morgan fingerprint density at radius 2 is 2.24 bits per heavy atom. The van der Waals surface area contributed by atoms with E-state index in [9.17, 15) is 13.2 Å². The number of halogens is 3. The lowest BCUT2D eigenvalue weighted by atomic mass is 9.96. The predicted octanol–water partition coefficient (Wildman–Crippen LogP) is 3.14. The highest BCUT2D eigenvalue weighted by Gasteiger charge is 2.42. The molecule has 0 aromatic carbocycles. The quantitative estimate of drug-likeness (QED) is 0.929. The molecule has 1 aromatic heterocycles. The molecule has 0 amide bonds. The van der Waals surface area contributed by atoms with Gasteiger partial charge in [-0.1, -0.05) is 13.0 Å². The van der Waals surface area contributed by atoms with Crippen LogP contribution in [0, 0.1) is 5.92 Å². The molecule has 1 fully saturated rings. The number of aromatic nitrogens is 1. The first-order valence-corrected chi connectivity index (χ1v) is 7.43. The summed E-state index contributed by atoms with van der Waals surface area (Å²) >= 11 is 0. The number of hydrogen-bond donors (Lipinski definition) is 1. The fourth-order valence-corrected chi connectivity index (χ4v) is 2.74. The van der Waals surface area contributed by atoms with Crippen molar-refractivity contribution in [1.29, 1.82) is 0 Å². The molecule has 0 saturated carbocycles. The molecule has 3 nitrogen and oxygen atoms in total. The highest BCUT2D eigenvalue weighted by Crippen LogP contribution is 2.35. The molecule has 2 heterocycles. The Morgan fingerprint density at radius 1 is 1.48 bits per heavy atom. The average Bonchev–Trinajstić information content (AvgIpc) is 2.47. The van der Waals surface area contributed by atoms with Gasteiger partial charge in [0.15, 0.2) is 0 Å². The van der Waals surface area contributed by atoms with E-state index in [1.807, 2.05) is 19.1 Å². The molecule has 118 valence electrons. The summed E-state index contributed by atoms with van der Waals surface area (Å²) in [5.74, 6) is -0.601. The topological polar surface area (TPSA) is 42.1 Å². The summed E-state index contributed by atoms with van der Waals surface area (Å²) in [7, 11) is 0. The van der Waals surface area contributed by atoms with E-state index in [0.717, 1.165) is 12.0 Å². The van der Waals surface area contributed by atoms with Crippen LogP contribution in [0.15, 0.2) is 18.3 Å². The van der Waals surface area contributed by atoms with Crippen LogP contribution >= 0.6 is 0 Å². The first-order valence-electron chi connectivity index (χ1n) is 7.43. The SMILES string of the molecule is CCC(N)Cc1cccnc1N1CCCC(C(F)(F)F)C1. The Balaban J connectivity index is 2.17. The third-order valence-electron chi connectivity index (χ3n) is 4.06. The van der Waals surface area contributed by atoms with Crippen molar-refractivity contribution >= 4 is 5.82 Å². The van der Waals surface area contributed by atoms with Gasteiger partial charge in [-0.25, -0.2) is 4.98 Å². The van der Waals surface area contributed by atoms with E-state index < -0.39 is 12.1 Å². The summed E-state index contributed by atoms with van der Waals surface area (Å²) in [6, 6.07) is 3.73.